The number of rotatable bonds is 3. The van der Waals surface area contributed by atoms with E-state index in [9.17, 15) is 10.2 Å². The van der Waals surface area contributed by atoms with Crippen molar-refractivity contribution in [3.05, 3.63) is 17.7 Å². The number of piperidine rings is 1. The summed E-state index contributed by atoms with van der Waals surface area (Å²) in [6, 6.07) is 0. The number of aliphatic hydroxyl groups is 2. The van der Waals surface area contributed by atoms with Gasteiger partial charge in [-0.3, -0.25) is 0 Å². The van der Waals surface area contributed by atoms with E-state index in [-0.39, 0.29) is 18.6 Å². The molecule has 1 fully saturated rings. The van der Waals surface area contributed by atoms with Crippen molar-refractivity contribution in [1.82, 2.24) is 9.97 Å². The summed E-state index contributed by atoms with van der Waals surface area (Å²) < 4.78 is 0. The predicted octanol–water partition coefficient (Wildman–Crippen LogP) is 1.05. The Bertz CT molecular complexity index is 409. The Kier molecular flexibility index (Phi) is 4.14. The Hall–Kier alpha value is -1.20. The summed E-state index contributed by atoms with van der Waals surface area (Å²) in [4.78, 5) is 10.8. The van der Waals surface area contributed by atoms with Gasteiger partial charge in [-0.1, -0.05) is 13.8 Å². The molecule has 1 unspecified atom stereocenters. The fraction of sp³-hybridized carbons (Fsp3) is 0.692. The topological polar surface area (TPSA) is 69.5 Å². The van der Waals surface area contributed by atoms with Crippen molar-refractivity contribution in [3.63, 3.8) is 0 Å². The Morgan fingerprint density at radius 1 is 1.50 bits per heavy atom. The van der Waals surface area contributed by atoms with Gasteiger partial charge in [0.05, 0.1) is 30.3 Å². The summed E-state index contributed by atoms with van der Waals surface area (Å²) in [6.07, 6.45) is 3.27. The highest BCUT2D eigenvalue weighted by Crippen LogP contribution is 2.24. The van der Waals surface area contributed by atoms with Gasteiger partial charge in [0.2, 0.25) is 0 Å². The molecule has 5 nitrogen and oxygen atoms in total. The zero-order valence-electron chi connectivity index (χ0n) is 11.0. The highest BCUT2D eigenvalue weighted by molar-refractivity contribution is 5.49. The fourth-order valence-corrected chi connectivity index (χ4v) is 2.26. The SMILES string of the molecule is CC(C)c1ncc(N2CCCC(O)C2)c(CO)n1. The zero-order valence-corrected chi connectivity index (χ0v) is 11.0. The smallest absolute Gasteiger partial charge is 0.131 e. The Labute approximate surface area is 107 Å². The van der Waals surface area contributed by atoms with Gasteiger partial charge in [0.25, 0.3) is 0 Å². The normalized spacial score (nSPS) is 20.5. The fourth-order valence-electron chi connectivity index (χ4n) is 2.26. The first-order valence-electron chi connectivity index (χ1n) is 6.51. The molecule has 1 aromatic heterocycles. The van der Waals surface area contributed by atoms with E-state index in [4.69, 9.17) is 0 Å². The number of β-amino-alcohol motifs (C(OH)–C–C–N with tert-alkyl or cyclic N) is 1. The number of hydrogen-bond acceptors (Lipinski definition) is 5. The van der Waals surface area contributed by atoms with Crippen molar-refractivity contribution in [1.29, 1.82) is 0 Å². The lowest BCUT2D eigenvalue weighted by Crippen LogP contribution is -2.39. The number of nitrogens with zero attached hydrogens (tertiary/aromatic N) is 3. The van der Waals surface area contributed by atoms with Gasteiger partial charge >= 0.3 is 0 Å². The summed E-state index contributed by atoms with van der Waals surface area (Å²) in [5, 5.41) is 19.1. The van der Waals surface area contributed by atoms with Crippen LogP contribution in [0.4, 0.5) is 5.69 Å². The minimum Gasteiger partial charge on any atom is -0.391 e. The first kappa shape index (κ1) is 13.2. The maximum atomic E-state index is 9.70. The van der Waals surface area contributed by atoms with Crippen LogP contribution in [0, 0.1) is 0 Å². The van der Waals surface area contributed by atoms with Crippen LogP contribution in [0.25, 0.3) is 0 Å². The van der Waals surface area contributed by atoms with E-state index in [2.05, 4.69) is 14.9 Å². The van der Waals surface area contributed by atoms with Gasteiger partial charge < -0.3 is 15.1 Å². The van der Waals surface area contributed by atoms with Crippen LogP contribution in [0.1, 0.15) is 44.1 Å². The standard InChI is InChI=1S/C13H21N3O2/c1-9(2)13-14-6-12(11(8-17)15-13)16-5-3-4-10(18)7-16/h6,9-10,17-18H,3-5,7-8H2,1-2H3. The lowest BCUT2D eigenvalue weighted by molar-refractivity contribution is 0.154. The molecule has 100 valence electrons. The second kappa shape index (κ2) is 5.63. The average Bonchev–Trinajstić information content (AvgIpc) is 2.37. The summed E-state index contributed by atoms with van der Waals surface area (Å²) in [5.41, 5.74) is 1.50. The molecular weight excluding hydrogens is 230 g/mol. The Morgan fingerprint density at radius 2 is 2.28 bits per heavy atom. The van der Waals surface area contributed by atoms with Crippen molar-refractivity contribution in [3.8, 4) is 0 Å². The Balaban J connectivity index is 2.26. The summed E-state index contributed by atoms with van der Waals surface area (Å²) in [7, 11) is 0. The lowest BCUT2D eigenvalue weighted by atomic mass is 10.1. The summed E-state index contributed by atoms with van der Waals surface area (Å²) >= 11 is 0. The van der Waals surface area contributed by atoms with Crippen molar-refractivity contribution in [2.75, 3.05) is 18.0 Å². The van der Waals surface area contributed by atoms with E-state index in [1.807, 2.05) is 13.8 Å². The summed E-state index contributed by atoms with van der Waals surface area (Å²) in [5.74, 6) is 0.997. The van der Waals surface area contributed by atoms with E-state index >= 15 is 0 Å². The molecule has 1 saturated heterocycles. The minimum atomic E-state index is -0.296. The van der Waals surface area contributed by atoms with E-state index in [1.165, 1.54) is 0 Å². The third kappa shape index (κ3) is 2.79. The Morgan fingerprint density at radius 3 is 2.89 bits per heavy atom. The van der Waals surface area contributed by atoms with Gasteiger partial charge in [-0.15, -0.1) is 0 Å². The third-order valence-electron chi connectivity index (χ3n) is 3.27. The molecule has 2 rings (SSSR count). The molecule has 5 heteroatoms. The van der Waals surface area contributed by atoms with Gasteiger partial charge in [0, 0.05) is 19.0 Å². The first-order valence-corrected chi connectivity index (χ1v) is 6.51. The maximum absolute atomic E-state index is 9.70. The van der Waals surface area contributed by atoms with Crippen LogP contribution in [0.2, 0.25) is 0 Å². The van der Waals surface area contributed by atoms with Gasteiger partial charge in [0.1, 0.15) is 5.82 Å². The molecule has 0 aromatic carbocycles. The molecular formula is C13H21N3O2. The maximum Gasteiger partial charge on any atom is 0.131 e. The molecule has 18 heavy (non-hydrogen) atoms. The van der Waals surface area contributed by atoms with E-state index in [0.717, 1.165) is 30.9 Å². The predicted molar refractivity (Wildman–Crippen MR) is 69.5 cm³/mol. The highest BCUT2D eigenvalue weighted by Gasteiger charge is 2.21. The van der Waals surface area contributed by atoms with Crippen LogP contribution in [-0.4, -0.2) is 39.4 Å². The molecule has 1 aromatic rings. The van der Waals surface area contributed by atoms with Crippen LogP contribution < -0.4 is 4.90 Å². The van der Waals surface area contributed by atoms with Crippen molar-refractivity contribution < 1.29 is 10.2 Å². The second-order valence-electron chi connectivity index (χ2n) is 5.12. The zero-order chi connectivity index (χ0) is 13.1. The van der Waals surface area contributed by atoms with Crippen LogP contribution in [0.3, 0.4) is 0 Å². The van der Waals surface area contributed by atoms with E-state index < -0.39 is 0 Å². The lowest BCUT2D eigenvalue weighted by Gasteiger charge is -2.32. The molecule has 1 aliphatic rings. The van der Waals surface area contributed by atoms with E-state index in [0.29, 0.717) is 12.2 Å². The largest absolute Gasteiger partial charge is 0.391 e. The molecule has 1 aliphatic heterocycles. The van der Waals surface area contributed by atoms with Crippen LogP contribution in [0.15, 0.2) is 6.20 Å². The number of aliphatic hydroxyl groups excluding tert-OH is 2. The molecule has 0 spiro atoms. The average molecular weight is 251 g/mol. The molecule has 1 atom stereocenters. The molecule has 0 bridgehead atoms. The highest BCUT2D eigenvalue weighted by atomic mass is 16.3. The first-order chi connectivity index (χ1) is 8.61. The van der Waals surface area contributed by atoms with Gasteiger partial charge in [-0.05, 0) is 12.8 Å². The van der Waals surface area contributed by atoms with Crippen LogP contribution in [0.5, 0.6) is 0 Å². The van der Waals surface area contributed by atoms with Crippen molar-refractivity contribution in [2.24, 2.45) is 0 Å². The molecule has 0 aliphatic carbocycles. The number of anilines is 1. The second-order valence-corrected chi connectivity index (χ2v) is 5.12. The van der Waals surface area contributed by atoms with Gasteiger partial charge in [-0.25, -0.2) is 9.97 Å². The molecule has 0 amide bonds. The monoisotopic (exact) mass is 251 g/mol. The quantitative estimate of drug-likeness (QED) is 0.840. The van der Waals surface area contributed by atoms with Crippen molar-refractivity contribution in [2.45, 2.75) is 45.3 Å². The third-order valence-corrected chi connectivity index (χ3v) is 3.27. The number of hydrogen-bond donors (Lipinski definition) is 2. The number of aromatic nitrogens is 2. The summed E-state index contributed by atoms with van der Waals surface area (Å²) in [6.45, 7) is 5.44. The van der Waals surface area contributed by atoms with Crippen LogP contribution in [-0.2, 0) is 6.61 Å². The van der Waals surface area contributed by atoms with Gasteiger partial charge in [0.15, 0.2) is 0 Å². The van der Waals surface area contributed by atoms with Crippen LogP contribution >= 0.6 is 0 Å². The molecule has 0 radical (unpaired) electrons. The molecule has 2 N–H and O–H groups in total. The van der Waals surface area contributed by atoms with Crippen molar-refractivity contribution >= 4 is 5.69 Å². The minimum absolute atomic E-state index is 0.0931. The molecule has 2 heterocycles. The van der Waals surface area contributed by atoms with E-state index in [1.54, 1.807) is 6.20 Å². The molecule has 0 saturated carbocycles. The van der Waals surface area contributed by atoms with Gasteiger partial charge in [-0.2, -0.15) is 0 Å².